The highest BCUT2D eigenvalue weighted by molar-refractivity contribution is 5.86. The maximum Gasteiger partial charge on any atom is 0.335 e. The van der Waals surface area contributed by atoms with E-state index >= 15 is 0 Å². The lowest BCUT2D eigenvalue weighted by atomic mass is 10.0. The Morgan fingerprint density at radius 3 is 2.12 bits per heavy atom. The fourth-order valence-corrected chi connectivity index (χ4v) is 1.98. The van der Waals surface area contributed by atoms with Crippen molar-refractivity contribution >= 4 is 23.3 Å². The van der Waals surface area contributed by atoms with Gasteiger partial charge >= 0.3 is 11.9 Å². The SMILES string of the molecule is C=CC(=O)Oc1ccc(-c2ccc(OC(=O)C=C)c(N)c2)c(N)c1. The molecular weight excluding hydrogens is 308 g/mol. The number of nitrogen functional groups attached to an aromatic ring is 2. The molecule has 0 radical (unpaired) electrons. The number of carbonyl (C=O) groups excluding carboxylic acids is 2. The Labute approximate surface area is 139 Å². The Hall–Kier alpha value is -3.54. The van der Waals surface area contributed by atoms with Crippen LogP contribution in [-0.4, -0.2) is 11.9 Å². The monoisotopic (exact) mass is 324 g/mol. The summed E-state index contributed by atoms with van der Waals surface area (Å²) in [4.78, 5) is 22.4. The van der Waals surface area contributed by atoms with Gasteiger partial charge in [0.2, 0.25) is 0 Å². The number of hydrogen-bond donors (Lipinski definition) is 2. The molecule has 24 heavy (non-hydrogen) atoms. The highest BCUT2D eigenvalue weighted by Crippen LogP contribution is 2.33. The minimum Gasteiger partial charge on any atom is -0.423 e. The Bertz CT molecular complexity index is 828. The van der Waals surface area contributed by atoms with Crippen LogP contribution < -0.4 is 20.9 Å². The van der Waals surface area contributed by atoms with E-state index in [0.29, 0.717) is 17.0 Å². The summed E-state index contributed by atoms with van der Waals surface area (Å²) in [6.07, 6.45) is 2.11. The first kappa shape index (κ1) is 16.8. The molecular formula is C18H16N2O4. The van der Waals surface area contributed by atoms with Crippen molar-refractivity contribution in [3.05, 3.63) is 61.7 Å². The smallest absolute Gasteiger partial charge is 0.335 e. The van der Waals surface area contributed by atoms with Crippen LogP contribution in [0.5, 0.6) is 11.5 Å². The zero-order valence-electron chi connectivity index (χ0n) is 12.8. The molecule has 0 unspecified atom stereocenters. The maximum absolute atomic E-state index is 11.2. The molecule has 0 atom stereocenters. The van der Waals surface area contributed by atoms with Gasteiger partial charge in [-0.05, 0) is 29.8 Å². The van der Waals surface area contributed by atoms with Gasteiger partial charge in [-0.1, -0.05) is 19.2 Å². The minimum atomic E-state index is -0.595. The highest BCUT2D eigenvalue weighted by atomic mass is 16.5. The molecule has 4 N–H and O–H groups in total. The van der Waals surface area contributed by atoms with Crippen molar-refractivity contribution in [2.24, 2.45) is 0 Å². The predicted octanol–water partition coefficient (Wildman–Crippen LogP) is 2.70. The van der Waals surface area contributed by atoms with Crippen LogP contribution in [0.2, 0.25) is 0 Å². The molecule has 0 saturated heterocycles. The minimum absolute atomic E-state index is 0.235. The molecule has 0 spiro atoms. The number of esters is 2. The standard InChI is InChI=1S/C18H16N2O4/c1-3-17(21)23-12-6-7-13(14(19)10-12)11-5-8-16(15(20)9-11)24-18(22)4-2/h3-10H,1-2,19-20H2. The lowest BCUT2D eigenvalue weighted by Gasteiger charge is -2.11. The van der Waals surface area contributed by atoms with Gasteiger partial charge in [-0.25, -0.2) is 9.59 Å². The van der Waals surface area contributed by atoms with E-state index in [4.69, 9.17) is 20.9 Å². The average molecular weight is 324 g/mol. The van der Waals surface area contributed by atoms with E-state index in [1.807, 2.05) is 0 Å². The van der Waals surface area contributed by atoms with Gasteiger partial charge in [0, 0.05) is 29.5 Å². The highest BCUT2D eigenvalue weighted by Gasteiger charge is 2.10. The van der Waals surface area contributed by atoms with Crippen molar-refractivity contribution in [2.45, 2.75) is 0 Å². The fraction of sp³-hybridized carbons (Fsp3) is 0. The third kappa shape index (κ3) is 3.80. The number of benzene rings is 2. The molecule has 2 aromatic rings. The third-order valence-corrected chi connectivity index (χ3v) is 3.11. The molecule has 0 aliphatic carbocycles. The van der Waals surface area contributed by atoms with Crippen LogP contribution in [0.4, 0.5) is 11.4 Å². The average Bonchev–Trinajstić information content (AvgIpc) is 2.56. The molecule has 0 bridgehead atoms. The van der Waals surface area contributed by atoms with E-state index in [1.54, 1.807) is 30.3 Å². The first-order valence-electron chi connectivity index (χ1n) is 6.92. The molecule has 2 rings (SSSR count). The molecule has 0 aromatic heterocycles. The fourth-order valence-electron chi connectivity index (χ4n) is 1.98. The molecule has 0 fully saturated rings. The van der Waals surface area contributed by atoms with Crippen LogP contribution >= 0.6 is 0 Å². The van der Waals surface area contributed by atoms with Gasteiger partial charge in [0.05, 0.1) is 5.69 Å². The topological polar surface area (TPSA) is 105 Å². The van der Waals surface area contributed by atoms with E-state index in [9.17, 15) is 9.59 Å². The second-order valence-electron chi connectivity index (χ2n) is 4.75. The second-order valence-corrected chi connectivity index (χ2v) is 4.75. The number of hydrogen-bond acceptors (Lipinski definition) is 6. The van der Waals surface area contributed by atoms with E-state index < -0.39 is 11.9 Å². The van der Waals surface area contributed by atoms with Gasteiger partial charge in [0.15, 0.2) is 5.75 Å². The van der Waals surface area contributed by atoms with Crippen molar-refractivity contribution in [2.75, 3.05) is 11.5 Å². The predicted molar refractivity (Wildman–Crippen MR) is 92.4 cm³/mol. The van der Waals surface area contributed by atoms with Crippen LogP contribution in [-0.2, 0) is 9.59 Å². The number of rotatable bonds is 5. The van der Waals surface area contributed by atoms with Gasteiger partial charge in [-0.15, -0.1) is 0 Å². The Morgan fingerprint density at radius 1 is 0.875 bits per heavy atom. The zero-order chi connectivity index (χ0) is 17.7. The van der Waals surface area contributed by atoms with Crippen LogP contribution in [0.1, 0.15) is 0 Å². The third-order valence-electron chi connectivity index (χ3n) is 3.11. The van der Waals surface area contributed by atoms with Gasteiger partial charge in [0.25, 0.3) is 0 Å². The normalized spacial score (nSPS) is 9.83. The molecule has 0 amide bonds. The van der Waals surface area contributed by atoms with Gasteiger partial charge < -0.3 is 20.9 Å². The number of ether oxygens (including phenoxy) is 2. The van der Waals surface area contributed by atoms with Gasteiger partial charge in [-0.2, -0.15) is 0 Å². The van der Waals surface area contributed by atoms with Gasteiger partial charge in [0.1, 0.15) is 5.75 Å². The number of carbonyl (C=O) groups is 2. The summed E-state index contributed by atoms with van der Waals surface area (Å²) in [6.45, 7) is 6.65. The van der Waals surface area contributed by atoms with E-state index in [-0.39, 0.29) is 11.4 Å². The molecule has 0 aliphatic heterocycles. The summed E-state index contributed by atoms with van der Waals surface area (Å²) in [6, 6.07) is 9.74. The number of anilines is 2. The van der Waals surface area contributed by atoms with Crippen LogP contribution in [0.3, 0.4) is 0 Å². The van der Waals surface area contributed by atoms with E-state index in [0.717, 1.165) is 17.7 Å². The molecule has 0 heterocycles. The lowest BCUT2D eigenvalue weighted by molar-refractivity contribution is -0.129. The van der Waals surface area contributed by atoms with Crippen molar-refractivity contribution in [3.63, 3.8) is 0 Å². The van der Waals surface area contributed by atoms with Crippen molar-refractivity contribution in [1.29, 1.82) is 0 Å². The summed E-state index contributed by atoms with van der Waals surface area (Å²) in [7, 11) is 0. The van der Waals surface area contributed by atoms with Gasteiger partial charge in [-0.3, -0.25) is 0 Å². The molecule has 122 valence electrons. The molecule has 6 heteroatoms. The molecule has 6 nitrogen and oxygen atoms in total. The van der Waals surface area contributed by atoms with Crippen molar-refractivity contribution in [1.82, 2.24) is 0 Å². The van der Waals surface area contributed by atoms with Crippen molar-refractivity contribution in [3.8, 4) is 22.6 Å². The van der Waals surface area contributed by atoms with Crippen LogP contribution in [0.25, 0.3) is 11.1 Å². The summed E-state index contributed by atoms with van der Waals surface area (Å²) in [5, 5.41) is 0. The lowest BCUT2D eigenvalue weighted by Crippen LogP contribution is -2.05. The van der Waals surface area contributed by atoms with E-state index in [2.05, 4.69) is 13.2 Å². The summed E-state index contributed by atoms with van der Waals surface area (Å²) < 4.78 is 10.0. The Kier molecular flexibility index (Phi) is 5.01. The first-order valence-corrected chi connectivity index (χ1v) is 6.92. The Morgan fingerprint density at radius 2 is 1.54 bits per heavy atom. The summed E-state index contributed by atoms with van der Waals surface area (Å²) in [5.74, 6) is -0.619. The first-order chi connectivity index (χ1) is 11.4. The molecule has 0 aliphatic rings. The largest absolute Gasteiger partial charge is 0.423 e. The zero-order valence-corrected chi connectivity index (χ0v) is 12.8. The van der Waals surface area contributed by atoms with E-state index in [1.165, 1.54) is 6.07 Å². The summed E-state index contributed by atoms with van der Waals surface area (Å²) >= 11 is 0. The maximum atomic E-state index is 11.2. The molecule has 0 saturated carbocycles. The summed E-state index contributed by atoms with van der Waals surface area (Å²) in [5.41, 5.74) is 14.0. The van der Waals surface area contributed by atoms with Crippen LogP contribution in [0.15, 0.2) is 61.7 Å². The van der Waals surface area contributed by atoms with Crippen molar-refractivity contribution < 1.29 is 19.1 Å². The Balaban J connectivity index is 2.30. The number of nitrogens with two attached hydrogens (primary N) is 2. The van der Waals surface area contributed by atoms with Crippen LogP contribution in [0, 0.1) is 0 Å². The second kappa shape index (κ2) is 7.15. The quantitative estimate of drug-likeness (QED) is 0.379. The molecule has 2 aromatic carbocycles.